The first kappa shape index (κ1) is 15.4. The number of methoxy groups -OCH3 is 1. The Kier molecular flexibility index (Phi) is 5.60. The van der Waals surface area contributed by atoms with Gasteiger partial charge in [0.25, 0.3) is 0 Å². The SMILES string of the molecule is CCC1NC(CC)N(CC(C)(C)CCOC)C1=O. The monoisotopic (exact) mass is 256 g/mol. The summed E-state index contributed by atoms with van der Waals surface area (Å²) in [6, 6.07) is 0.00757. The van der Waals surface area contributed by atoms with Gasteiger partial charge in [-0.25, -0.2) is 0 Å². The van der Waals surface area contributed by atoms with Crippen molar-refractivity contribution in [1.29, 1.82) is 0 Å². The zero-order valence-electron chi connectivity index (χ0n) is 12.5. The highest BCUT2D eigenvalue weighted by molar-refractivity contribution is 5.84. The Hall–Kier alpha value is -0.610. The first-order valence-electron chi connectivity index (χ1n) is 7.00. The molecule has 0 aliphatic carbocycles. The maximum Gasteiger partial charge on any atom is 0.241 e. The number of hydrogen-bond donors (Lipinski definition) is 1. The molecule has 1 N–H and O–H groups in total. The van der Waals surface area contributed by atoms with E-state index in [0.29, 0.717) is 0 Å². The summed E-state index contributed by atoms with van der Waals surface area (Å²) in [4.78, 5) is 14.3. The summed E-state index contributed by atoms with van der Waals surface area (Å²) in [5.41, 5.74) is 0.101. The summed E-state index contributed by atoms with van der Waals surface area (Å²) in [5, 5.41) is 3.41. The van der Waals surface area contributed by atoms with Crippen LogP contribution in [0.5, 0.6) is 0 Å². The molecule has 4 nitrogen and oxygen atoms in total. The van der Waals surface area contributed by atoms with E-state index < -0.39 is 0 Å². The molecule has 1 amide bonds. The molecule has 0 aromatic carbocycles. The van der Waals surface area contributed by atoms with Gasteiger partial charge in [0.05, 0.1) is 12.2 Å². The van der Waals surface area contributed by atoms with E-state index in [9.17, 15) is 4.79 Å². The van der Waals surface area contributed by atoms with Crippen molar-refractivity contribution in [1.82, 2.24) is 10.2 Å². The van der Waals surface area contributed by atoms with Crippen LogP contribution < -0.4 is 5.32 Å². The van der Waals surface area contributed by atoms with Gasteiger partial charge in [-0.3, -0.25) is 10.1 Å². The molecule has 1 heterocycles. The summed E-state index contributed by atoms with van der Waals surface area (Å²) >= 11 is 0. The van der Waals surface area contributed by atoms with Gasteiger partial charge in [0, 0.05) is 20.3 Å². The highest BCUT2D eigenvalue weighted by atomic mass is 16.5. The number of rotatable bonds is 7. The standard InChI is InChI=1S/C14H28N2O2/c1-6-11-13(17)16(12(7-2)15-11)10-14(3,4)8-9-18-5/h11-12,15H,6-10H2,1-5H3. The van der Waals surface area contributed by atoms with Crippen LogP contribution in [-0.4, -0.2) is 43.3 Å². The van der Waals surface area contributed by atoms with Gasteiger partial charge in [-0.2, -0.15) is 0 Å². The van der Waals surface area contributed by atoms with Crippen LogP contribution in [0.25, 0.3) is 0 Å². The third-order valence-corrected chi connectivity index (χ3v) is 3.73. The van der Waals surface area contributed by atoms with Crippen molar-refractivity contribution < 1.29 is 9.53 Å². The minimum absolute atomic E-state index is 0.00757. The third-order valence-electron chi connectivity index (χ3n) is 3.73. The van der Waals surface area contributed by atoms with E-state index in [1.807, 2.05) is 4.90 Å². The maximum absolute atomic E-state index is 12.3. The molecule has 1 aliphatic heterocycles. The predicted molar refractivity (Wildman–Crippen MR) is 73.3 cm³/mol. The Morgan fingerprint density at radius 1 is 1.33 bits per heavy atom. The van der Waals surface area contributed by atoms with Gasteiger partial charge in [-0.1, -0.05) is 27.7 Å². The number of nitrogens with one attached hydrogen (secondary N) is 1. The van der Waals surface area contributed by atoms with E-state index in [0.717, 1.165) is 32.4 Å². The fraction of sp³-hybridized carbons (Fsp3) is 0.929. The van der Waals surface area contributed by atoms with Crippen LogP contribution in [0.3, 0.4) is 0 Å². The normalized spacial score (nSPS) is 24.9. The molecule has 18 heavy (non-hydrogen) atoms. The summed E-state index contributed by atoms with van der Waals surface area (Å²) in [6.07, 6.45) is 3.00. The first-order chi connectivity index (χ1) is 8.45. The van der Waals surface area contributed by atoms with Crippen molar-refractivity contribution in [3.8, 4) is 0 Å². The Balaban J connectivity index is 2.66. The number of amides is 1. The maximum atomic E-state index is 12.3. The second-order valence-corrected chi connectivity index (χ2v) is 5.92. The third kappa shape index (κ3) is 3.69. The lowest BCUT2D eigenvalue weighted by atomic mass is 9.89. The second kappa shape index (κ2) is 6.53. The van der Waals surface area contributed by atoms with Crippen molar-refractivity contribution in [3.63, 3.8) is 0 Å². The van der Waals surface area contributed by atoms with E-state index in [-0.39, 0.29) is 23.5 Å². The summed E-state index contributed by atoms with van der Waals surface area (Å²) in [5.74, 6) is 0.259. The molecule has 2 unspecified atom stereocenters. The Bertz CT molecular complexity index is 279. The van der Waals surface area contributed by atoms with Crippen molar-refractivity contribution >= 4 is 5.91 Å². The van der Waals surface area contributed by atoms with Crippen molar-refractivity contribution in [2.45, 2.75) is 59.2 Å². The molecule has 0 spiro atoms. The van der Waals surface area contributed by atoms with Crippen molar-refractivity contribution in [2.75, 3.05) is 20.3 Å². The molecule has 1 rings (SSSR count). The molecule has 1 fully saturated rings. The van der Waals surface area contributed by atoms with Gasteiger partial charge >= 0.3 is 0 Å². The zero-order valence-corrected chi connectivity index (χ0v) is 12.5. The lowest BCUT2D eigenvalue weighted by molar-refractivity contribution is -0.131. The van der Waals surface area contributed by atoms with Crippen molar-refractivity contribution in [3.05, 3.63) is 0 Å². The largest absolute Gasteiger partial charge is 0.385 e. The minimum Gasteiger partial charge on any atom is -0.385 e. The highest BCUT2D eigenvalue weighted by Crippen LogP contribution is 2.26. The van der Waals surface area contributed by atoms with E-state index in [4.69, 9.17) is 4.74 Å². The number of carbonyl (C=O) groups is 1. The minimum atomic E-state index is 0.00757. The molecule has 1 saturated heterocycles. The van der Waals surface area contributed by atoms with Crippen LogP contribution in [-0.2, 0) is 9.53 Å². The number of hydrogen-bond acceptors (Lipinski definition) is 3. The number of carbonyl (C=O) groups excluding carboxylic acids is 1. The molecule has 0 radical (unpaired) electrons. The molecule has 0 aromatic rings. The average Bonchev–Trinajstić information content (AvgIpc) is 2.63. The average molecular weight is 256 g/mol. The molecular weight excluding hydrogens is 228 g/mol. The van der Waals surface area contributed by atoms with Crippen LogP contribution in [0.15, 0.2) is 0 Å². The topological polar surface area (TPSA) is 41.6 Å². The Labute approximate surface area is 111 Å². The molecule has 0 saturated carbocycles. The van der Waals surface area contributed by atoms with Gasteiger partial charge in [-0.05, 0) is 24.7 Å². The first-order valence-corrected chi connectivity index (χ1v) is 7.00. The fourth-order valence-electron chi connectivity index (χ4n) is 2.48. The summed E-state index contributed by atoms with van der Waals surface area (Å²) in [6.45, 7) is 10.1. The van der Waals surface area contributed by atoms with Gasteiger partial charge in [0.1, 0.15) is 0 Å². The summed E-state index contributed by atoms with van der Waals surface area (Å²) < 4.78 is 5.15. The Morgan fingerprint density at radius 2 is 2.00 bits per heavy atom. The van der Waals surface area contributed by atoms with Crippen LogP contribution in [0, 0.1) is 5.41 Å². The van der Waals surface area contributed by atoms with Gasteiger partial charge in [0.2, 0.25) is 5.91 Å². The summed E-state index contributed by atoms with van der Waals surface area (Å²) in [7, 11) is 1.72. The molecule has 2 atom stereocenters. The van der Waals surface area contributed by atoms with E-state index in [1.165, 1.54) is 0 Å². The van der Waals surface area contributed by atoms with Gasteiger partial charge < -0.3 is 9.64 Å². The smallest absolute Gasteiger partial charge is 0.241 e. The van der Waals surface area contributed by atoms with Crippen LogP contribution in [0.1, 0.15) is 47.0 Å². The molecular formula is C14H28N2O2. The molecule has 0 aromatic heterocycles. The fourth-order valence-corrected chi connectivity index (χ4v) is 2.48. The van der Waals surface area contributed by atoms with Crippen LogP contribution in [0.4, 0.5) is 0 Å². The molecule has 4 heteroatoms. The predicted octanol–water partition coefficient (Wildman–Crippen LogP) is 2.00. The number of nitrogens with zero attached hydrogens (tertiary/aromatic N) is 1. The zero-order chi connectivity index (χ0) is 13.8. The van der Waals surface area contributed by atoms with Gasteiger partial charge in [-0.15, -0.1) is 0 Å². The second-order valence-electron chi connectivity index (χ2n) is 5.92. The highest BCUT2D eigenvalue weighted by Gasteiger charge is 2.39. The van der Waals surface area contributed by atoms with Crippen LogP contribution >= 0.6 is 0 Å². The van der Waals surface area contributed by atoms with Crippen LogP contribution in [0.2, 0.25) is 0 Å². The Morgan fingerprint density at radius 3 is 2.50 bits per heavy atom. The van der Waals surface area contributed by atoms with E-state index in [1.54, 1.807) is 7.11 Å². The van der Waals surface area contributed by atoms with Crippen molar-refractivity contribution in [2.24, 2.45) is 5.41 Å². The lowest BCUT2D eigenvalue weighted by Gasteiger charge is -2.33. The van der Waals surface area contributed by atoms with E-state index >= 15 is 0 Å². The van der Waals surface area contributed by atoms with E-state index in [2.05, 4.69) is 33.0 Å². The van der Waals surface area contributed by atoms with Gasteiger partial charge in [0.15, 0.2) is 0 Å². The molecule has 106 valence electrons. The quantitative estimate of drug-likeness (QED) is 0.757. The molecule has 0 bridgehead atoms. The number of ether oxygens (including phenoxy) is 1. The molecule has 1 aliphatic rings. The lowest BCUT2D eigenvalue weighted by Crippen LogP contribution is -2.43.